The van der Waals surface area contributed by atoms with Crippen molar-refractivity contribution in [2.24, 2.45) is 10.9 Å². The molecule has 150 valence electrons. The molecular formula is C20H29F3N4. The second-order valence-electron chi connectivity index (χ2n) is 7.59. The summed E-state index contributed by atoms with van der Waals surface area (Å²) < 4.78 is 38.0. The van der Waals surface area contributed by atoms with Gasteiger partial charge in [-0.1, -0.05) is 37.3 Å². The molecule has 0 spiro atoms. The maximum absolute atomic E-state index is 12.7. The van der Waals surface area contributed by atoms with Gasteiger partial charge in [-0.25, -0.2) is 0 Å². The Morgan fingerprint density at radius 2 is 2.04 bits per heavy atom. The molecule has 1 aromatic carbocycles. The summed E-state index contributed by atoms with van der Waals surface area (Å²) in [6, 6.07) is 10.8. The van der Waals surface area contributed by atoms with Gasteiger partial charge in [0.25, 0.3) is 0 Å². The zero-order valence-corrected chi connectivity index (χ0v) is 16.0. The average Bonchev–Trinajstić information content (AvgIpc) is 3.27. The molecule has 1 saturated carbocycles. The number of guanidine groups is 1. The molecule has 0 amide bonds. The first kappa shape index (κ1) is 20.0. The van der Waals surface area contributed by atoms with Gasteiger partial charge < -0.3 is 10.2 Å². The van der Waals surface area contributed by atoms with Crippen LogP contribution in [0.2, 0.25) is 0 Å². The van der Waals surface area contributed by atoms with Crippen molar-refractivity contribution in [3.8, 4) is 0 Å². The number of nitrogens with one attached hydrogen (secondary N) is 1. The van der Waals surface area contributed by atoms with Gasteiger partial charge in [0, 0.05) is 38.6 Å². The van der Waals surface area contributed by atoms with Gasteiger partial charge in [0.05, 0.1) is 6.54 Å². The minimum absolute atomic E-state index is 0.245. The molecule has 0 bridgehead atoms. The van der Waals surface area contributed by atoms with Crippen molar-refractivity contribution in [3.05, 3.63) is 35.9 Å². The van der Waals surface area contributed by atoms with Crippen LogP contribution in [0.5, 0.6) is 0 Å². The van der Waals surface area contributed by atoms with Gasteiger partial charge in [-0.05, 0) is 30.9 Å². The van der Waals surface area contributed by atoms with Crippen LogP contribution in [0.25, 0.3) is 0 Å². The Morgan fingerprint density at radius 1 is 1.30 bits per heavy atom. The highest BCUT2D eigenvalue weighted by molar-refractivity contribution is 5.81. The topological polar surface area (TPSA) is 30.9 Å². The number of likely N-dealkylation sites (tertiary alicyclic amines) is 1. The lowest BCUT2D eigenvalue weighted by Crippen LogP contribution is -2.42. The molecule has 0 radical (unpaired) electrons. The van der Waals surface area contributed by atoms with Gasteiger partial charge in [0.2, 0.25) is 0 Å². The van der Waals surface area contributed by atoms with Crippen molar-refractivity contribution >= 4 is 5.96 Å². The lowest BCUT2D eigenvalue weighted by atomic mass is 10.1. The molecule has 27 heavy (non-hydrogen) atoms. The third-order valence-electron chi connectivity index (χ3n) is 5.50. The highest BCUT2D eigenvalue weighted by Crippen LogP contribution is 2.40. The van der Waals surface area contributed by atoms with E-state index in [0.29, 0.717) is 25.0 Å². The predicted octanol–water partition coefficient (Wildman–Crippen LogP) is 3.32. The molecule has 1 heterocycles. The fourth-order valence-corrected chi connectivity index (χ4v) is 3.98. The van der Waals surface area contributed by atoms with Crippen LogP contribution in [0.4, 0.5) is 13.2 Å². The van der Waals surface area contributed by atoms with E-state index in [9.17, 15) is 13.2 Å². The Hall–Kier alpha value is -1.76. The fraction of sp³-hybridized carbons (Fsp3) is 0.650. The van der Waals surface area contributed by atoms with Crippen LogP contribution in [-0.4, -0.2) is 67.7 Å². The first-order valence-electron chi connectivity index (χ1n) is 9.72. The van der Waals surface area contributed by atoms with E-state index in [2.05, 4.69) is 39.5 Å². The Balaban J connectivity index is 1.48. The third kappa shape index (κ3) is 5.61. The summed E-state index contributed by atoms with van der Waals surface area (Å²) in [5, 5.41) is 3.54. The van der Waals surface area contributed by atoms with E-state index >= 15 is 0 Å². The number of alkyl halides is 3. The molecule has 3 unspecified atom stereocenters. The number of rotatable bonds is 6. The molecule has 7 heteroatoms. The summed E-state index contributed by atoms with van der Waals surface area (Å²) in [6.45, 7) is 3.47. The predicted molar refractivity (Wildman–Crippen MR) is 102 cm³/mol. The molecule has 3 rings (SSSR count). The van der Waals surface area contributed by atoms with E-state index in [1.165, 1.54) is 10.5 Å². The van der Waals surface area contributed by atoms with Crippen molar-refractivity contribution in [1.29, 1.82) is 0 Å². The molecule has 4 nitrogen and oxygen atoms in total. The van der Waals surface area contributed by atoms with Crippen molar-refractivity contribution in [1.82, 2.24) is 15.1 Å². The molecule has 1 aliphatic heterocycles. The summed E-state index contributed by atoms with van der Waals surface area (Å²) in [6.07, 6.45) is -2.14. The van der Waals surface area contributed by atoms with Crippen LogP contribution in [-0.2, 0) is 0 Å². The van der Waals surface area contributed by atoms with E-state index < -0.39 is 12.7 Å². The van der Waals surface area contributed by atoms with Gasteiger partial charge in [-0.3, -0.25) is 9.89 Å². The molecule has 1 aromatic rings. The number of hydrogen-bond donors (Lipinski definition) is 1. The Bertz CT molecular complexity index is 632. The Morgan fingerprint density at radius 3 is 2.67 bits per heavy atom. The van der Waals surface area contributed by atoms with Gasteiger partial charge in [0.15, 0.2) is 5.96 Å². The first-order valence-corrected chi connectivity index (χ1v) is 9.72. The van der Waals surface area contributed by atoms with Crippen molar-refractivity contribution in [2.45, 2.75) is 37.9 Å². The summed E-state index contributed by atoms with van der Waals surface area (Å²) in [5.74, 6) is 1.64. The summed E-state index contributed by atoms with van der Waals surface area (Å²) >= 11 is 0. The van der Waals surface area contributed by atoms with Crippen LogP contribution in [0.15, 0.2) is 35.3 Å². The number of nitrogens with zero attached hydrogens (tertiary/aromatic N) is 3. The van der Waals surface area contributed by atoms with E-state index in [1.54, 1.807) is 14.0 Å². The van der Waals surface area contributed by atoms with Crippen LogP contribution >= 0.6 is 0 Å². The van der Waals surface area contributed by atoms with Crippen LogP contribution in [0, 0.1) is 5.92 Å². The lowest BCUT2D eigenvalue weighted by molar-refractivity contribution is -0.146. The molecule has 2 fully saturated rings. The number of benzene rings is 1. The summed E-state index contributed by atoms with van der Waals surface area (Å²) in [7, 11) is 1.78. The molecule has 1 saturated heterocycles. The van der Waals surface area contributed by atoms with Crippen molar-refractivity contribution in [2.75, 3.05) is 39.8 Å². The number of hydrogen-bond acceptors (Lipinski definition) is 2. The maximum Gasteiger partial charge on any atom is 0.401 e. The molecule has 0 aromatic heterocycles. The molecule has 1 aliphatic carbocycles. The second kappa shape index (κ2) is 8.50. The standard InChI is InChI=1S/C20H29F3N4/c1-3-26(14-20(21,22)23)12-15-9-10-27(13-15)19(24-2)25-18-11-17(18)16-7-5-4-6-8-16/h4-8,15,17-18H,3,9-14H2,1-2H3,(H,24,25). The van der Waals surface area contributed by atoms with Gasteiger partial charge in [0.1, 0.15) is 0 Å². The second-order valence-corrected chi connectivity index (χ2v) is 7.59. The zero-order chi connectivity index (χ0) is 19.4. The Kier molecular flexibility index (Phi) is 6.29. The summed E-state index contributed by atoms with van der Waals surface area (Å²) in [4.78, 5) is 8.09. The molecule has 2 aliphatic rings. The minimum atomic E-state index is -4.13. The largest absolute Gasteiger partial charge is 0.401 e. The van der Waals surface area contributed by atoms with Crippen molar-refractivity contribution in [3.63, 3.8) is 0 Å². The smallest absolute Gasteiger partial charge is 0.353 e. The van der Waals surface area contributed by atoms with Crippen LogP contribution in [0.1, 0.15) is 31.2 Å². The molecule has 3 atom stereocenters. The summed E-state index contributed by atoms with van der Waals surface area (Å²) in [5.41, 5.74) is 1.34. The van der Waals surface area contributed by atoms with Gasteiger partial charge >= 0.3 is 6.18 Å². The zero-order valence-electron chi connectivity index (χ0n) is 16.0. The SMILES string of the molecule is CCN(CC1CCN(C(=NC)NC2CC2c2ccccc2)C1)CC(F)(F)F. The van der Waals surface area contributed by atoms with Crippen LogP contribution < -0.4 is 5.32 Å². The van der Waals surface area contributed by atoms with Gasteiger partial charge in [-0.15, -0.1) is 0 Å². The fourth-order valence-electron chi connectivity index (χ4n) is 3.98. The Labute approximate surface area is 159 Å². The van der Waals surface area contributed by atoms with Gasteiger partial charge in [-0.2, -0.15) is 13.2 Å². The van der Waals surface area contributed by atoms with E-state index in [1.807, 2.05) is 6.07 Å². The number of aliphatic imine (C=N–C) groups is 1. The van der Waals surface area contributed by atoms with E-state index in [0.717, 1.165) is 31.9 Å². The maximum atomic E-state index is 12.7. The third-order valence-corrected chi connectivity index (χ3v) is 5.50. The molecule has 1 N–H and O–H groups in total. The monoisotopic (exact) mass is 382 g/mol. The first-order chi connectivity index (χ1) is 12.9. The van der Waals surface area contributed by atoms with E-state index in [-0.39, 0.29) is 5.92 Å². The lowest BCUT2D eigenvalue weighted by Gasteiger charge is -2.26. The van der Waals surface area contributed by atoms with Crippen molar-refractivity contribution < 1.29 is 13.2 Å². The normalized spacial score (nSPS) is 25.9. The highest BCUT2D eigenvalue weighted by atomic mass is 19.4. The quantitative estimate of drug-likeness (QED) is 0.605. The molecular weight excluding hydrogens is 353 g/mol. The van der Waals surface area contributed by atoms with Crippen LogP contribution in [0.3, 0.4) is 0 Å². The highest BCUT2D eigenvalue weighted by Gasteiger charge is 2.40. The van der Waals surface area contributed by atoms with E-state index in [4.69, 9.17) is 0 Å². The average molecular weight is 382 g/mol. The number of halogens is 3. The minimum Gasteiger partial charge on any atom is -0.353 e.